The Bertz CT molecular complexity index is 727. The predicted molar refractivity (Wildman–Crippen MR) is 120 cm³/mol. The first-order chi connectivity index (χ1) is 15.7. The highest BCUT2D eigenvalue weighted by Crippen LogP contribution is 2.30. The van der Waals surface area contributed by atoms with E-state index in [1.165, 1.54) is 64.2 Å². The van der Waals surface area contributed by atoms with Crippen LogP contribution in [0.5, 0.6) is 0 Å². The first kappa shape index (κ1) is 25.0. The highest BCUT2D eigenvalue weighted by atomic mass is 32.2. The molecule has 8 heteroatoms. The van der Waals surface area contributed by atoms with Crippen molar-refractivity contribution in [1.82, 2.24) is 0 Å². The van der Waals surface area contributed by atoms with E-state index in [2.05, 4.69) is 9.37 Å². The van der Waals surface area contributed by atoms with Gasteiger partial charge in [0.15, 0.2) is 0 Å². The van der Waals surface area contributed by atoms with Crippen molar-refractivity contribution in [3.8, 4) is 0 Å². The third-order valence-corrected chi connectivity index (χ3v) is 7.22. The Morgan fingerprint density at radius 2 is 1.41 bits per heavy atom. The van der Waals surface area contributed by atoms with Crippen molar-refractivity contribution in [3.63, 3.8) is 0 Å². The molecule has 2 saturated carbocycles. The average Bonchev–Trinajstić information content (AvgIpc) is 2.83. The quantitative estimate of drug-likeness (QED) is 0.174. The summed E-state index contributed by atoms with van der Waals surface area (Å²) in [5.74, 6) is 0.00589. The highest BCUT2D eigenvalue weighted by molar-refractivity contribution is 7.94. The summed E-state index contributed by atoms with van der Waals surface area (Å²) in [6.45, 7) is 0.628. The van der Waals surface area contributed by atoms with E-state index in [0.717, 1.165) is 12.8 Å². The first-order valence-electron chi connectivity index (χ1n) is 11.8. The van der Waals surface area contributed by atoms with E-state index in [1.807, 2.05) is 0 Å². The topological polar surface area (TPSA) is 91.3 Å². The molecule has 2 fully saturated rings. The summed E-state index contributed by atoms with van der Waals surface area (Å²) in [5.41, 5.74) is 0.198. The number of ether oxygens (including phenoxy) is 2. The van der Waals surface area contributed by atoms with Crippen LogP contribution in [0.3, 0.4) is 0 Å². The molecule has 0 bridgehead atoms. The summed E-state index contributed by atoms with van der Waals surface area (Å²) in [5, 5.41) is 12.2. The number of hydrogen-bond donors (Lipinski definition) is 1. The Morgan fingerprint density at radius 3 is 1.97 bits per heavy atom. The molecule has 0 saturated heterocycles. The Kier molecular flexibility index (Phi) is 10.8. The van der Waals surface area contributed by atoms with Gasteiger partial charge < -0.3 is 9.47 Å². The van der Waals surface area contributed by atoms with E-state index < -0.39 is 11.9 Å². The maximum Gasteiger partial charge on any atom is 0.340 e. The van der Waals surface area contributed by atoms with Crippen LogP contribution in [-0.4, -0.2) is 30.4 Å². The summed E-state index contributed by atoms with van der Waals surface area (Å²) in [7, 11) is 0. The molecule has 3 rings (SSSR count). The molecule has 1 aromatic rings. The summed E-state index contributed by atoms with van der Waals surface area (Å²) in [6, 6.07) is 4.77. The second-order valence-electron chi connectivity index (χ2n) is 8.76. The van der Waals surface area contributed by atoms with Crippen molar-refractivity contribution in [2.45, 2.75) is 81.9 Å². The van der Waals surface area contributed by atoms with Crippen LogP contribution < -0.4 is 0 Å². The number of carbonyl (C=O) groups is 2. The van der Waals surface area contributed by atoms with Gasteiger partial charge in [0.2, 0.25) is 0 Å². The zero-order chi connectivity index (χ0) is 22.6. The van der Waals surface area contributed by atoms with Crippen molar-refractivity contribution >= 4 is 24.0 Å². The van der Waals surface area contributed by atoms with Gasteiger partial charge in [0.05, 0.1) is 41.3 Å². The minimum Gasteiger partial charge on any atom is -0.462 e. The van der Waals surface area contributed by atoms with E-state index in [-0.39, 0.29) is 11.1 Å². The molecule has 0 unspecified atom stereocenters. The van der Waals surface area contributed by atoms with Crippen LogP contribution in [0.2, 0.25) is 0 Å². The second kappa shape index (κ2) is 13.8. The smallest absolute Gasteiger partial charge is 0.340 e. The zero-order valence-electron chi connectivity index (χ0n) is 18.6. The molecule has 2 aliphatic rings. The van der Waals surface area contributed by atoms with Gasteiger partial charge in [-0.2, -0.15) is 0 Å². The van der Waals surface area contributed by atoms with Crippen LogP contribution in [0, 0.1) is 11.8 Å². The average molecular weight is 467 g/mol. The summed E-state index contributed by atoms with van der Waals surface area (Å²) in [4.78, 5) is 26.0. The molecule has 0 aromatic heterocycles. The minimum atomic E-state index is -0.607. The monoisotopic (exact) mass is 466 g/mol. The predicted octanol–water partition coefficient (Wildman–Crippen LogP) is 6.37. The van der Waals surface area contributed by atoms with E-state index in [4.69, 9.17) is 14.7 Å². The zero-order valence-corrected chi connectivity index (χ0v) is 19.4. The molecule has 2 aliphatic carbocycles. The Hall–Kier alpha value is -1.61. The Morgan fingerprint density at radius 1 is 0.844 bits per heavy atom. The van der Waals surface area contributed by atoms with Crippen molar-refractivity contribution in [2.75, 3.05) is 13.2 Å². The van der Waals surface area contributed by atoms with Crippen LogP contribution in [0.15, 0.2) is 23.1 Å². The third-order valence-electron chi connectivity index (χ3n) is 6.57. The van der Waals surface area contributed by atoms with E-state index in [1.54, 1.807) is 18.2 Å². The van der Waals surface area contributed by atoms with Crippen molar-refractivity contribution < 1.29 is 33.7 Å². The molecule has 7 nitrogen and oxygen atoms in total. The number of benzene rings is 1. The maximum atomic E-state index is 12.9. The van der Waals surface area contributed by atoms with Crippen molar-refractivity contribution in [1.29, 1.82) is 0 Å². The molecule has 1 N–H and O–H groups in total. The lowest BCUT2D eigenvalue weighted by atomic mass is 9.87. The standard InChI is InChI=1S/C24H34O7S/c25-23(28-16-14-18-8-3-1-4-9-18)20-12-7-13-21(32-31-30-27)22(20)24(26)29-17-15-19-10-5-2-6-11-19/h7,12-13,18-19,27H,1-6,8-11,14-17H2. The van der Waals surface area contributed by atoms with Crippen LogP contribution in [0.1, 0.15) is 97.8 Å². The van der Waals surface area contributed by atoms with Crippen molar-refractivity contribution in [3.05, 3.63) is 29.3 Å². The molecule has 32 heavy (non-hydrogen) atoms. The molecule has 0 aliphatic heterocycles. The molecule has 0 spiro atoms. The van der Waals surface area contributed by atoms with E-state index >= 15 is 0 Å². The maximum absolute atomic E-state index is 12.9. The van der Waals surface area contributed by atoms with Gasteiger partial charge in [0, 0.05) is 0 Å². The van der Waals surface area contributed by atoms with Crippen LogP contribution in [-0.2, 0) is 18.8 Å². The summed E-state index contributed by atoms with van der Waals surface area (Å²) in [6.07, 6.45) is 13.9. The van der Waals surface area contributed by atoms with Gasteiger partial charge in [-0.25, -0.2) is 14.8 Å². The Labute approximate surface area is 194 Å². The molecule has 0 heterocycles. The lowest BCUT2D eigenvalue weighted by Crippen LogP contribution is -2.18. The molecule has 178 valence electrons. The Balaban J connectivity index is 1.61. The molecular formula is C24H34O7S. The fraction of sp³-hybridized carbons (Fsp3) is 0.667. The molecular weight excluding hydrogens is 432 g/mol. The van der Waals surface area contributed by atoms with Gasteiger partial charge in [-0.3, -0.25) is 0 Å². The summed E-state index contributed by atoms with van der Waals surface area (Å²) >= 11 is 0.634. The fourth-order valence-electron chi connectivity index (χ4n) is 4.77. The lowest BCUT2D eigenvalue weighted by Gasteiger charge is -2.21. The van der Waals surface area contributed by atoms with Gasteiger partial charge in [-0.05, 0) is 36.8 Å². The number of esters is 2. The molecule has 0 amide bonds. The third kappa shape index (κ3) is 7.76. The molecule has 0 radical (unpaired) electrons. The fourth-order valence-corrected chi connectivity index (χ4v) is 5.29. The molecule has 0 atom stereocenters. The van der Waals surface area contributed by atoms with E-state index in [9.17, 15) is 9.59 Å². The molecule has 1 aromatic carbocycles. The van der Waals surface area contributed by atoms with Crippen LogP contribution >= 0.6 is 12.0 Å². The SMILES string of the molecule is O=C(OCCC1CCCCC1)c1cccc(SOOO)c1C(=O)OCCC1CCCCC1. The van der Waals surface area contributed by atoms with Gasteiger partial charge in [0.1, 0.15) is 0 Å². The minimum absolute atomic E-state index is 0.0702. The van der Waals surface area contributed by atoms with Crippen LogP contribution in [0.25, 0.3) is 0 Å². The van der Waals surface area contributed by atoms with Gasteiger partial charge in [-0.1, -0.05) is 75.3 Å². The van der Waals surface area contributed by atoms with Crippen molar-refractivity contribution in [2.24, 2.45) is 11.8 Å². The highest BCUT2D eigenvalue weighted by Gasteiger charge is 2.25. The largest absolute Gasteiger partial charge is 0.462 e. The van der Waals surface area contributed by atoms with Gasteiger partial charge in [0.25, 0.3) is 0 Å². The second-order valence-corrected chi connectivity index (χ2v) is 9.50. The summed E-state index contributed by atoms with van der Waals surface area (Å²) < 4.78 is 15.5. The number of carbonyl (C=O) groups excluding carboxylic acids is 2. The van der Waals surface area contributed by atoms with Gasteiger partial charge >= 0.3 is 11.9 Å². The van der Waals surface area contributed by atoms with Gasteiger partial charge in [-0.15, -0.1) is 4.33 Å². The lowest BCUT2D eigenvalue weighted by molar-refractivity contribution is -0.432. The number of rotatable bonds is 11. The van der Waals surface area contributed by atoms with Crippen LogP contribution in [0.4, 0.5) is 0 Å². The van der Waals surface area contributed by atoms with E-state index in [0.29, 0.717) is 42.0 Å². The first-order valence-corrected chi connectivity index (χ1v) is 12.5. The number of hydrogen-bond acceptors (Lipinski definition) is 8. The normalized spacial score (nSPS) is 17.8.